The first kappa shape index (κ1) is 19.6. The van der Waals surface area contributed by atoms with Crippen LogP contribution in [0.2, 0.25) is 0 Å². The Morgan fingerprint density at radius 3 is 2.17 bits per heavy atom. The minimum atomic E-state index is -0.376. The van der Waals surface area contributed by atoms with Crippen LogP contribution in [0.4, 0.5) is 0 Å². The van der Waals surface area contributed by atoms with Gasteiger partial charge in [0.2, 0.25) is 11.8 Å². The van der Waals surface area contributed by atoms with Crippen molar-refractivity contribution in [1.82, 2.24) is 15.5 Å². The van der Waals surface area contributed by atoms with Gasteiger partial charge in [0.05, 0.1) is 18.5 Å². The molecule has 0 spiro atoms. The van der Waals surface area contributed by atoms with Crippen LogP contribution in [0, 0.1) is 0 Å². The van der Waals surface area contributed by atoms with Crippen molar-refractivity contribution in [1.29, 1.82) is 0 Å². The summed E-state index contributed by atoms with van der Waals surface area (Å²) in [6.07, 6.45) is 4.88. The van der Waals surface area contributed by atoms with E-state index in [4.69, 9.17) is 0 Å². The Bertz CT molecular complexity index is 779. The summed E-state index contributed by atoms with van der Waals surface area (Å²) in [6, 6.07) is 19.8. The maximum Gasteiger partial charge on any atom is 0.237 e. The molecule has 2 fully saturated rings. The Morgan fingerprint density at radius 2 is 1.59 bits per heavy atom. The van der Waals surface area contributed by atoms with Gasteiger partial charge in [-0.1, -0.05) is 73.5 Å². The number of hydrogen-bond acceptors (Lipinski definition) is 3. The lowest BCUT2D eigenvalue weighted by Gasteiger charge is -2.39. The van der Waals surface area contributed by atoms with Crippen molar-refractivity contribution in [2.45, 2.75) is 50.2 Å². The molecule has 1 saturated carbocycles. The van der Waals surface area contributed by atoms with Crippen LogP contribution >= 0.6 is 0 Å². The number of carbonyl (C=O) groups excluding carboxylic acids is 2. The Balaban J connectivity index is 1.50. The summed E-state index contributed by atoms with van der Waals surface area (Å²) in [5.41, 5.74) is 2.07. The third kappa shape index (κ3) is 4.67. The molecule has 29 heavy (non-hydrogen) atoms. The number of nitrogens with zero attached hydrogens (tertiary/aromatic N) is 1. The van der Waals surface area contributed by atoms with E-state index < -0.39 is 0 Å². The van der Waals surface area contributed by atoms with E-state index in [-0.39, 0.29) is 30.3 Å². The zero-order valence-electron chi connectivity index (χ0n) is 16.7. The summed E-state index contributed by atoms with van der Waals surface area (Å²) in [6.45, 7) is 1.50. The van der Waals surface area contributed by atoms with Crippen molar-refractivity contribution in [2.75, 3.05) is 13.1 Å². The summed E-state index contributed by atoms with van der Waals surface area (Å²) in [5.74, 6) is -0.109. The van der Waals surface area contributed by atoms with E-state index in [2.05, 4.69) is 15.5 Å². The van der Waals surface area contributed by atoms with E-state index in [0.29, 0.717) is 12.6 Å². The van der Waals surface area contributed by atoms with Crippen molar-refractivity contribution >= 4 is 11.8 Å². The van der Waals surface area contributed by atoms with Gasteiger partial charge >= 0.3 is 0 Å². The number of amides is 2. The summed E-state index contributed by atoms with van der Waals surface area (Å²) in [4.78, 5) is 27.9. The first-order valence-corrected chi connectivity index (χ1v) is 10.6. The molecule has 1 aliphatic heterocycles. The topological polar surface area (TPSA) is 61.4 Å². The maximum absolute atomic E-state index is 13.1. The number of nitrogens with one attached hydrogen (secondary N) is 2. The molecule has 2 aliphatic rings. The second-order valence-corrected chi connectivity index (χ2v) is 8.01. The summed E-state index contributed by atoms with van der Waals surface area (Å²) < 4.78 is 0. The highest BCUT2D eigenvalue weighted by Crippen LogP contribution is 2.27. The molecule has 5 nitrogen and oxygen atoms in total. The average Bonchev–Trinajstić information content (AvgIpc) is 3.29. The minimum absolute atomic E-state index is 0.0192. The van der Waals surface area contributed by atoms with Crippen molar-refractivity contribution in [2.24, 2.45) is 0 Å². The number of benzene rings is 2. The van der Waals surface area contributed by atoms with Gasteiger partial charge < -0.3 is 10.6 Å². The number of hydrogen-bond donors (Lipinski definition) is 2. The molecule has 5 heteroatoms. The molecule has 2 amide bonds. The average molecular weight is 392 g/mol. The van der Waals surface area contributed by atoms with Gasteiger partial charge in [0.25, 0.3) is 0 Å². The van der Waals surface area contributed by atoms with Crippen LogP contribution in [-0.4, -0.2) is 41.9 Å². The van der Waals surface area contributed by atoms with Gasteiger partial charge in [0.1, 0.15) is 0 Å². The highest BCUT2D eigenvalue weighted by Gasteiger charge is 2.37. The van der Waals surface area contributed by atoms with Gasteiger partial charge in [-0.25, -0.2) is 0 Å². The third-order valence-corrected chi connectivity index (χ3v) is 6.12. The lowest BCUT2D eigenvalue weighted by molar-refractivity contribution is -0.135. The third-order valence-electron chi connectivity index (χ3n) is 6.12. The fourth-order valence-corrected chi connectivity index (χ4v) is 4.66. The van der Waals surface area contributed by atoms with E-state index in [9.17, 15) is 9.59 Å². The monoisotopic (exact) mass is 391 g/mol. The highest BCUT2D eigenvalue weighted by atomic mass is 16.2. The lowest BCUT2D eigenvalue weighted by Crippen LogP contribution is -2.59. The minimum Gasteiger partial charge on any atom is -0.353 e. The van der Waals surface area contributed by atoms with Gasteiger partial charge in [0, 0.05) is 19.1 Å². The molecule has 152 valence electrons. The normalized spacial score (nSPS) is 20.6. The Morgan fingerprint density at radius 1 is 1.00 bits per heavy atom. The predicted octanol–water partition coefficient (Wildman–Crippen LogP) is 3.03. The molecule has 0 aromatic heterocycles. The van der Waals surface area contributed by atoms with Gasteiger partial charge in [-0.2, -0.15) is 0 Å². The van der Waals surface area contributed by atoms with Crippen LogP contribution in [0.15, 0.2) is 60.7 Å². The second kappa shape index (κ2) is 9.23. The van der Waals surface area contributed by atoms with Gasteiger partial charge in [0.15, 0.2) is 0 Å². The molecule has 1 saturated heterocycles. The molecule has 1 aliphatic carbocycles. The zero-order chi connectivity index (χ0) is 20.1. The van der Waals surface area contributed by atoms with E-state index in [1.165, 1.54) is 12.8 Å². The number of rotatable bonds is 6. The molecule has 1 atom stereocenters. The molecule has 2 aromatic rings. The lowest BCUT2D eigenvalue weighted by atomic mass is 9.98. The fourth-order valence-electron chi connectivity index (χ4n) is 4.66. The Kier molecular flexibility index (Phi) is 6.25. The first-order chi connectivity index (χ1) is 14.2. The summed E-state index contributed by atoms with van der Waals surface area (Å²) in [5, 5.41) is 6.13. The Labute approximate surface area is 172 Å². The van der Waals surface area contributed by atoms with Crippen LogP contribution in [0.5, 0.6) is 0 Å². The quantitative estimate of drug-likeness (QED) is 0.796. The molecule has 2 aromatic carbocycles. The van der Waals surface area contributed by atoms with Crippen LogP contribution in [0.1, 0.15) is 49.3 Å². The van der Waals surface area contributed by atoms with Gasteiger partial charge in [-0.15, -0.1) is 0 Å². The fraction of sp³-hybridized carbons (Fsp3) is 0.417. The maximum atomic E-state index is 13.1. The smallest absolute Gasteiger partial charge is 0.237 e. The second-order valence-electron chi connectivity index (χ2n) is 8.01. The van der Waals surface area contributed by atoms with Crippen molar-refractivity contribution < 1.29 is 9.59 Å². The van der Waals surface area contributed by atoms with Crippen LogP contribution in [0.25, 0.3) is 0 Å². The molecule has 2 N–H and O–H groups in total. The molecule has 4 rings (SSSR count). The van der Waals surface area contributed by atoms with E-state index in [1.807, 2.05) is 60.7 Å². The first-order valence-electron chi connectivity index (χ1n) is 10.6. The SMILES string of the molecule is O=C(C[C@@H]1C(=O)NCCN1C1CCCC1)NC(c1ccccc1)c1ccccc1. The molecule has 0 unspecified atom stereocenters. The van der Waals surface area contributed by atoms with Crippen molar-refractivity contribution in [3.63, 3.8) is 0 Å². The molecule has 0 bridgehead atoms. The Hall–Kier alpha value is -2.66. The standard InChI is InChI=1S/C24H29N3O2/c28-22(17-21-24(29)25-15-16-27(21)20-13-7-8-14-20)26-23(18-9-3-1-4-10-18)19-11-5-2-6-12-19/h1-6,9-12,20-21,23H,7-8,13-17H2,(H,25,29)(H,26,28)/t21-/m1/s1. The predicted molar refractivity (Wildman–Crippen MR) is 113 cm³/mol. The molecule has 0 radical (unpaired) electrons. The van der Waals surface area contributed by atoms with Crippen LogP contribution in [-0.2, 0) is 9.59 Å². The van der Waals surface area contributed by atoms with E-state index in [1.54, 1.807) is 0 Å². The zero-order valence-corrected chi connectivity index (χ0v) is 16.7. The highest BCUT2D eigenvalue weighted by molar-refractivity contribution is 5.89. The van der Waals surface area contributed by atoms with E-state index >= 15 is 0 Å². The van der Waals surface area contributed by atoms with Crippen LogP contribution in [0.3, 0.4) is 0 Å². The van der Waals surface area contributed by atoms with E-state index in [0.717, 1.165) is 30.5 Å². The largest absolute Gasteiger partial charge is 0.353 e. The summed E-state index contributed by atoms with van der Waals surface area (Å²) in [7, 11) is 0. The summed E-state index contributed by atoms with van der Waals surface area (Å²) >= 11 is 0. The number of carbonyl (C=O) groups is 2. The molecular formula is C24H29N3O2. The molecular weight excluding hydrogens is 362 g/mol. The number of piperazine rings is 1. The van der Waals surface area contributed by atoms with Crippen molar-refractivity contribution in [3.8, 4) is 0 Å². The van der Waals surface area contributed by atoms with Gasteiger partial charge in [-0.3, -0.25) is 14.5 Å². The van der Waals surface area contributed by atoms with Crippen LogP contribution < -0.4 is 10.6 Å². The van der Waals surface area contributed by atoms with Crippen molar-refractivity contribution in [3.05, 3.63) is 71.8 Å². The molecule has 1 heterocycles. The van der Waals surface area contributed by atoms with Gasteiger partial charge in [-0.05, 0) is 24.0 Å².